The van der Waals surface area contributed by atoms with E-state index in [9.17, 15) is 0 Å². The Morgan fingerprint density at radius 2 is 1.96 bits per heavy atom. The first kappa shape index (κ1) is 18.0. The molecule has 3 rings (SSSR count). The number of benzene rings is 1. The van der Waals surface area contributed by atoms with Gasteiger partial charge in [0.1, 0.15) is 0 Å². The molecule has 0 bridgehead atoms. The van der Waals surface area contributed by atoms with Crippen LogP contribution in [0.2, 0.25) is 5.02 Å². The van der Waals surface area contributed by atoms with Crippen LogP contribution in [0.4, 0.5) is 5.69 Å². The molecule has 1 N–H and O–H groups in total. The van der Waals surface area contributed by atoms with Gasteiger partial charge in [-0.3, -0.25) is 4.99 Å². The van der Waals surface area contributed by atoms with Crippen molar-refractivity contribution in [1.82, 2.24) is 15.2 Å². The predicted molar refractivity (Wildman–Crippen MR) is 107 cm³/mol. The zero-order valence-corrected chi connectivity index (χ0v) is 16.5. The molecule has 7 heteroatoms. The smallest absolute Gasteiger partial charge is 0.194 e. The van der Waals surface area contributed by atoms with Crippen molar-refractivity contribution in [1.29, 1.82) is 0 Å². The maximum atomic E-state index is 6.32. The number of aromatic nitrogens is 1. The fourth-order valence-electron chi connectivity index (χ4n) is 3.10. The van der Waals surface area contributed by atoms with Crippen LogP contribution in [0.3, 0.4) is 0 Å². The van der Waals surface area contributed by atoms with Crippen LogP contribution in [0.1, 0.15) is 15.6 Å². The third-order valence-electron chi connectivity index (χ3n) is 4.39. The van der Waals surface area contributed by atoms with Gasteiger partial charge in [0.15, 0.2) is 5.96 Å². The fourth-order valence-corrected chi connectivity index (χ4v) is 4.23. The van der Waals surface area contributed by atoms with Crippen LogP contribution in [-0.4, -0.2) is 49.1 Å². The molecule has 25 heavy (non-hydrogen) atoms. The largest absolute Gasteiger partial charge is 0.367 e. The molecule has 2 heterocycles. The zero-order chi connectivity index (χ0) is 17.8. The first-order valence-corrected chi connectivity index (χ1v) is 9.66. The van der Waals surface area contributed by atoms with Gasteiger partial charge in [0.2, 0.25) is 0 Å². The van der Waals surface area contributed by atoms with Crippen LogP contribution < -0.4 is 10.2 Å². The van der Waals surface area contributed by atoms with Crippen molar-refractivity contribution in [2.75, 3.05) is 38.1 Å². The number of anilines is 1. The number of para-hydroxylation sites is 1. The Kier molecular flexibility index (Phi) is 5.81. The molecule has 0 atom stereocenters. The summed E-state index contributed by atoms with van der Waals surface area (Å²) >= 11 is 8.06. The van der Waals surface area contributed by atoms with Crippen LogP contribution in [0.15, 0.2) is 29.3 Å². The summed E-state index contributed by atoms with van der Waals surface area (Å²) in [5, 5.41) is 5.40. The minimum absolute atomic E-state index is 0.773. The molecule has 0 saturated carbocycles. The lowest BCUT2D eigenvalue weighted by Crippen LogP contribution is -2.52. The second kappa shape index (κ2) is 8.06. The lowest BCUT2D eigenvalue weighted by atomic mass is 10.2. The molecule has 1 aromatic carbocycles. The standard InChI is InChI=1S/C18H24ClN5S/c1-13-17(25-14(2)22-13)12-21-18(20-3)24-10-8-23(9-11-24)16-7-5-4-6-15(16)19/h4-7H,8-12H2,1-3H3,(H,20,21). The summed E-state index contributed by atoms with van der Waals surface area (Å²) in [6.45, 7) is 8.59. The average molecular weight is 378 g/mol. The first-order chi connectivity index (χ1) is 12.1. The zero-order valence-electron chi connectivity index (χ0n) is 14.9. The summed E-state index contributed by atoms with van der Waals surface area (Å²) in [6, 6.07) is 8.04. The lowest BCUT2D eigenvalue weighted by Gasteiger charge is -2.38. The van der Waals surface area contributed by atoms with E-state index < -0.39 is 0 Å². The second-order valence-corrected chi connectivity index (χ2v) is 7.76. The number of piperazine rings is 1. The summed E-state index contributed by atoms with van der Waals surface area (Å²) in [7, 11) is 1.84. The summed E-state index contributed by atoms with van der Waals surface area (Å²) in [5.41, 5.74) is 2.22. The van der Waals surface area contributed by atoms with Gasteiger partial charge in [0.25, 0.3) is 0 Å². The summed E-state index contributed by atoms with van der Waals surface area (Å²) in [4.78, 5) is 14.8. The summed E-state index contributed by atoms with van der Waals surface area (Å²) in [5.74, 6) is 0.948. The van der Waals surface area contributed by atoms with Gasteiger partial charge >= 0.3 is 0 Å². The van der Waals surface area contributed by atoms with Gasteiger partial charge in [0, 0.05) is 38.1 Å². The summed E-state index contributed by atoms with van der Waals surface area (Å²) < 4.78 is 0. The van der Waals surface area contributed by atoms with Gasteiger partial charge in [-0.2, -0.15) is 0 Å². The molecule has 1 aliphatic rings. The minimum atomic E-state index is 0.773. The quantitative estimate of drug-likeness (QED) is 0.658. The Morgan fingerprint density at radius 1 is 1.24 bits per heavy atom. The maximum absolute atomic E-state index is 6.32. The van der Waals surface area contributed by atoms with Gasteiger partial charge in [0.05, 0.1) is 28.0 Å². The van der Waals surface area contributed by atoms with E-state index >= 15 is 0 Å². The van der Waals surface area contributed by atoms with E-state index in [4.69, 9.17) is 11.6 Å². The SMILES string of the molecule is CN=C(NCc1sc(C)nc1C)N1CCN(c2ccccc2Cl)CC1. The number of halogens is 1. The van der Waals surface area contributed by atoms with Crippen molar-refractivity contribution < 1.29 is 0 Å². The topological polar surface area (TPSA) is 43.8 Å². The highest BCUT2D eigenvalue weighted by molar-refractivity contribution is 7.11. The molecule has 0 radical (unpaired) electrons. The number of hydrogen-bond donors (Lipinski definition) is 1. The van der Waals surface area contributed by atoms with Gasteiger partial charge < -0.3 is 15.1 Å². The average Bonchev–Trinajstić information content (AvgIpc) is 2.94. The van der Waals surface area contributed by atoms with E-state index in [-0.39, 0.29) is 0 Å². The summed E-state index contributed by atoms with van der Waals surface area (Å²) in [6.07, 6.45) is 0. The maximum Gasteiger partial charge on any atom is 0.194 e. The van der Waals surface area contributed by atoms with E-state index in [0.717, 1.165) is 60.1 Å². The van der Waals surface area contributed by atoms with Crippen molar-refractivity contribution in [3.63, 3.8) is 0 Å². The van der Waals surface area contributed by atoms with Crippen LogP contribution in [0, 0.1) is 13.8 Å². The number of nitrogens with one attached hydrogen (secondary N) is 1. The molecular formula is C18H24ClN5S. The molecule has 5 nitrogen and oxygen atoms in total. The molecule has 1 aromatic heterocycles. The van der Waals surface area contributed by atoms with E-state index in [2.05, 4.69) is 38.1 Å². The van der Waals surface area contributed by atoms with Crippen LogP contribution >= 0.6 is 22.9 Å². The molecule has 1 aliphatic heterocycles. The highest BCUT2D eigenvalue weighted by Gasteiger charge is 2.21. The van der Waals surface area contributed by atoms with Crippen molar-refractivity contribution in [3.05, 3.63) is 44.9 Å². The number of aryl methyl sites for hydroxylation is 2. The molecule has 0 unspecified atom stereocenters. The number of rotatable bonds is 3. The van der Waals surface area contributed by atoms with Crippen molar-refractivity contribution in [3.8, 4) is 0 Å². The number of aliphatic imine (C=N–C) groups is 1. The number of hydrogen-bond acceptors (Lipinski definition) is 4. The monoisotopic (exact) mass is 377 g/mol. The lowest BCUT2D eigenvalue weighted by molar-refractivity contribution is 0.372. The highest BCUT2D eigenvalue weighted by atomic mass is 35.5. The third kappa shape index (κ3) is 4.25. The Hall–Kier alpha value is -1.79. The van der Waals surface area contributed by atoms with Gasteiger partial charge in [-0.1, -0.05) is 23.7 Å². The van der Waals surface area contributed by atoms with E-state index in [0.29, 0.717) is 0 Å². The number of nitrogens with zero attached hydrogens (tertiary/aromatic N) is 4. The number of thiazole rings is 1. The van der Waals surface area contributed by atoms with Crippen molar-refractivity contribution in [2.24, 2.45) is 4.99 Å². The van der Waals surface area contributed by atoms with Crippen molar-refractivity contribution in [2.45, 2.75) is 20.4 Å². The van der Waals surface area contributed by atoms with E-state index in [1.165, 1.54) is 4.88 Å². The molecule has 134 valence electrons. The van der Waals surface area contributed by atoms with Crippen LogP contribution in [0.5, 0.6) is 0 Å². The normalized spacial score (nSPS) is 15.6. The van der Waals surface area contributed by atoms with Crippen molar-refractivity contribution >= 4 is 34.6 Å². The third-order valence-corrected chi connectivity index (χ3v) is 5.78. The van der Waals surface area contributed by atoms with Gasteiger partial charge in [-0.15, -0.1) is 11.3 Å². The first-order valence-electron chi connectivity index (χ1n) is 8.46. The van der Waals surface area contributed by atoms with E-state index in [1.54, 1.807) is 11.3 Å². The Morgan fingerprint density at radius 3 is 2.56 bits per heavy atom. The van der Waals surface area contributed by atoms with Crippen LogP contribution in [0.25, 0.3) is 0 Å². The molecule has 1 saturated heterocycles. The second-order valence-electron chi connectivity index (χ2n) is 6.07. The molecule has 0 spiro atoms. The number of guanidine groups is 1. The molecule has 0 amide bonds. The molecule has 1 fully saturated rings. The Labute approximate surface area is 158 Å². The molecule has 0 aliphatic carbocycles. The van der Waals surface area contributed by atoms with Gasteiger partial charge in [-0.05, 0) is 26.0 Å². The highest BCUT2D eigenvalue weighted by Crippen LogP contribution is 2.26. The minimum Gasteiger partial charge on any atom is -0.367 e. The van der Waals surface area contributed by atoms with Crippen LogP contribution in [-0.2, 0) is 6.54 Å². The fraction of sp³-hybridized carbons (Fsp3) is 0.444. The Balaban J connectivity index is 1.57. The Bertz CT molecular complexity index is 750. The molecular weight excluding hydrogens is 354 g/mol. The van der Waals surface area contributed by atoms with E-state index in [1.807, 2.05) is 32.2 Å². The predicted octanol–water partition coefficient (Wildman–Crippen LogP) is 3.31. The molecule has 2 aromatic rings. The van der Waals surface area contributed by atoms with Gasteiger partial charge in [-0.25, -0.2) is 4.98 Å².